The maximum absolute atomic E-state index is 12.5. The molecule has 2 aliphatic heterocycles. The minimum atomic E-state index is -0.139. The lowest BCUT2D eigenvalue weighted by Gasteiger charge is -2.36. The summed E-state index contributed by atoms with van der Waals surface area (Å²) in [5.74, 6) is 0.377. The number of methoxy groups -OCH3 is 1. The number of anilines is 1. The highest BCUT2D eigenvalue weighted by Crippen LogP contribution is 2.37. The lowest BCUT2D eigenvalue weighted by molar-refractivity contribution is -0.140. The predicted octanol–water partition coefficient (Wildman–Crippen LogP) is 1.89. The fraction of sp³-hybridized carbons (Fsp3) is 0.640. The maximum atomic E-state index is 12.5. The van der Waals surface area contributed by atoms with Gasteiger partial charge in [-0.2, -0.15) is 0 Å². The molecule has 4 rings (SSSR count). The van der Waals surface area contributed by atoms with E-state index in [1.165, 1.54) is 10.6 Å². The molecule has 1 N–H and O–H groups in total. The number of benzene rings is 1. The number of carbonyl (C=O) groups is 3. The maximum Gasteiger partial charge on any atom is 0.233 e. The summed E-state index contributed by atoms with van der Waals surface area (Å²) in [6.45, 7) is 5.75. The largest absolute Gasteiger partial charge is 0.497 e. The van der Waals surface area contributed by atoms with E-state index < -0.39 is 0 Å². The zero-order chi connectivity index (χ0) is 23.2. The molecule has 0 bridgehead atoms. The number of imide groups is 1. The minimum absolute atomic E-state index is 0.0636. The predicted molar refractivity (Wildman–Crippen MR) is 126 cm³/mol. The molecule has 33 heavy (non-hydrogen) atoms. The molecular formula is C25H36N4O4. The van der Waals surface area contributed by atoms with Crippen LogP contribution in [0.25, 0.3) is 0 Å². The molecule has 0 radical (unpaired) electrons. The van der Waals surface area contributed by atoms with E-state index in [2.05, 4.69) is 27.2 Å². The van der Waals surface area contributed by atoms with Crippen LogP contribution in [0.2, 0.25) is 0 Å². The van der Waals surface area contributed by atoms with Crippen molar-refractivity contribution in [1.29, 1.82) is 0 Å². The molecular weight excluding hydrogens is 420 g/mol. The summed E-state index contributed by atoms with van der Waals surface area (Å²) in [6, 6.07) is 8.18. The van der Waals surface area contributed by atoms with Crippen molar-refractivity contribution in [3.8, 4) is 5.75 Å². The fourth-order valence-corrected chi connectivity index (χ4v) is 5.31. The first-order valence-corrected chi connectivity index (χ1v) is 12.3. The summed E-state index contributed by atoms with van der Waals surface area (Å²) in [4.78, 5) is 43.4. The Morgan fingerprint density at radius 3 is 2.21 bits per heavy atom. The number of likely N-dealkylation sites (tertiary alicyclic amines) is 1. The molecule has 3 amide bonds. The standard InChI is InChI=1S/C25H36N4O4/c1-33-20-9-7-19(8-10-20)28-17-15-27(16-18-28)13-4-12-26-23(30)11-14-29-24(31)21-5-2-3-6-22(21)25(29)32/h7-10,21-22H,2-6,11-18H2,1H3,(H,26,30)/t21-,22+. The zero-order valence-corrected chi connectivity index (χ0v) is 19.6. The number of hydrogen-bond donors (Lipinski definition) is 1. The van der Waals surface area contributed by atoms with E-state index in [1.54, 1.807) is 7.11 Å². The Balaban J connectivity index is 1.09. The summed E-state index contributed by atoms with van der Waals surface area (Å²) >= 11 is 0. The number of piperazine rings is 1. The third kappa shape index (κ3) is 5.66. The van der Waals surface area contributed by atoms with Crippen LogP contribution in [0.1, 0.15) is 38.5 Å². The molecule has 1 aromatic rings. The molecule has 2 atom stereocenters. The summed E-state index contributed by atoms with van der Waals surface area (Å²) in [7, 11) is 1.68. The zero-order valence-electron chi connectivity index (χ0n) is 19.6. The second kappa shape index (κ2) is 11.0. The van der Waals surface area contributed by atoms with Crippen molar-refractivity contribution in [2.45, 2.75) is 38.5 Å². The average Bonchev–Trinajstić information content (AvgIpc) is 3.10. The summed E-state index contributed by atoms with van der Waals surface area (Å²) in [5, 5.41) is 2.95. The van der Waals surface area contributed by atoms with E-state index >= 15 is 0 Å². The molecule has 0 aromatic heterocycles. The molecule has 180 valence electrons. The first-order chi connectivity index (χ1) is 16.1. The number of nitrogens with zero attached hydrogens (tertiary/aromatic N) is 3. The minimum Gasteiger partial charge on any atom is -0.497 e. The highest BCUT2D eigenvalue weighted by Gasteiger charge is 2.47. The van der Waals surface area contributed by atoms with E-state index in [9.17, 15) is 14.4 Å². The normalized spacial score (nSPS) is 23.5. The van der Waals surface area contributed by atoms with Crippen molar-refractivity contribution in [1.82, 2.24) is 15.1 Å². The summed E-state index contributed by atoms with van der Waals surface area (Å²) < 4.78 is 5.23. The molecule has 1 aliphatic carbocycles. The number of amides is 3. The van der Waals surface area contributed by atoms with Crippen molar-refractivity contribution in [2.75, 3.05) is 57.8 Å². The van der Waals surface area contributed by atoms with Crippen LogP contribution in [0, 0.1) is 11.8 Å². The second-order valence-corrected chi connectivity index (χ2v) is 9.31. The van der Waals surface area contributed by atoms with Gasteiger partial charge in [-0.25, -0.2) is 0 Å². The smallest absolute Gasteiger partial charge is 0.233 e. The molecule has 0 unspecified atom stereocenters. The molecule has 3 fully saturated rings. The van der Waals surface area contributed by atoms with Gasteiger partial charge in [-0.1, -0.05) is 12.8 Å². The van der Waals surface area contributed by atoms with Crippen LogP contribution in [0.15, 0.2) is 24.3 Å². The molecule has 1 aromatic carbocycles. The van der Waals surface area contributed by atoms with E-state index in [4.69, 9.17) is 4.74 Å². The SMILES string of the molecule is COc1ccc(N2CCN(CCCNC(=O)CCN3C(=O)[C@H]4CCCC[C@H]4C3=O)CC2)cc1. The van der Waals surface area contributed by atoms with Crippen molar-refractivity contribution in [3.63, 3.8) is 0 Å². The Bertz CT molecular complexity index is 811. The topological polar surface area (TPSA) is 82.2 Å². The fourth-order valence-electron chi connectivity index (χ4n) is 5.31. The molecule has 2 saturated heterocycles. The van der Waals surface area contributed by atoms with E-state index in [0.29, 0.717) is 6.54 Å². The number of hydrogen-bond acceptors (Lipinski definition) is 6. The van der Waals surface area contributed by atoms with Gasteiger partial charge in [-0.05, 0) is 50.1 Å². The van der Waals surface area contributed by atoms with Crippen LogP contribution in [-0.2, 0) is 14.4 Å². The molecule has 3 aliphatic rings. The number of ether oxygens (including phenoxy) is 1. The van der Waals surface area contributed by atoms with Crippen molar-refractivity contribution in [3.05, 3.63) is 24.3 Å². The first-order valence-electron chi connectivity index (χ1n) is 12.3. The van der Waals surface area contributed by atoms with Crippen LogP contribution in [-0.4, -0.2) is 80.4 Å². The Hall–Kier alpha value is -2.61. The van der Waals surface area contributed by atoms with E-state index in [1.807, 2.05) is 12.1 Å². The quantitative estimate of drug-likeness (QED) is 0.451. The van der Waals surface area contributed by atoms with Crippen LogP contribution >= 0.6 is 0 Å². The van der Waals surface area contributed by atoms with Gasteiger partial charge >= 0.3 is 0 Å². The average molecular weight is 457 g/mol. The summed E-state index contributed by atoms with van der Waals surface area (Å²) in [6.07, 6.45) is 4.74. The second-order valence-electron chi connectivity index (χ2n) is 9.31. The van der Waals surface area contributed by atoms with Gasteiger partial charge < -0.3 is 15.0 Å². The number of carbonyl (C=O) groups excluding carboxylic acids is 3. The van der Waals surface area contributed by atoms with Gasteiger partial charge in [0, 0.05) is 51.4 Å². The molecule has 0 spiro atoms. The van der Waals surface area contributed by atoms with Crippen LogP contribution < -0.4 is 15.0 Å². The van der Waals surface area contributed by atoms with Gasteiger partial charge in [0.2, 0.25) is 17.7 Å². The van der Waals surface area contributed by atoms with Crippen LogP contribution in [0.5, 0.6) is 5.75 Å². The number of fused-ring (bicyclic) bond motifs is 1. The summed E-state index contributed by atoms with van der Waals surface area (Å²) in [5.41, 5.74) is 1.22. The first kappa shape index (κ1) is 23.5. The van der Waals surface area contributed by atoms with Crippen LogP contribution in [0.4, 0.5) is 5.69 Å². The molecule has 8 heteroatoms. The molecule has 1 saturated carbocycles. The highest BCUT2D eigenvalue weighted by atomic mass is 16.5. The van der Waals surface area contributed by atoms with Gasteiger partial charge in [0.25, 0.3) is 0 Å². The van der Waals surface area contributed by atoms with Gasteiger partial charge in [-0.15, -0.1) is 0 Å². The number of rotatable bonds is 9. The van der Waals surface area contributed by atoms with Crippen molar-refractivity contribution in [2.24, 2.45) is 11.8 Å². The van der Waals surface area contributed by atoms with E-state index in [-0.39, 0.29) is 42.5 Å². The van der Waals surface area contributed by atoms with Gasteiger partial charge in [0.05, 0.1) is 18.9 Å². The van der Waals surface area contributed by atoms with Crippen molar-refractivity contribution < 1.29 is 19.1 Å². The molecule has 8 nitrogen and oxygen atoms in total. The highest BCUT2D eigenvalue weighted by molar-refractivity contribution is 6.05. The molecule has 2 heterocycles. The van der Waals surface area contributed by atoms with Gasteiger partial charge in [-0.3, -0.25) is 24.2 Å². The van der Waals surface area contributed by atoms with Gasteiger partial charge in [0.1, 0.15) is 5.75 Å². The monoisotopic (exact) mass is 456 g/mol. The third-order valence-corrected chi connectivity index (χ3v) is 7.28. The Labute approximate surface area is 196 Å². The lowest BCUT2D eigenvalue weighted by Crippen LogP contribution is -2.47. The van der Waals surface area contributed by atoms with Gasteiger partial charge in [0.15, 0.2) is 0 Å². The third-order valence-electron chi connectivity index (χ3n) is 7.28. The van der Waals surface area contributed by atoms with Crippen molar-refractivity contribution >= 4 is 23.4 Å². The van der Waals surface area contributed by atoms with E-state index in [0.717, 1.165) is 70.6 Å². The Morgan fingerprint density at radius 2 is 1.61 bits per heavy atom. The Kier molecular flexibility index (Phi) is 7.85. The van der Waals surface area contributed by atoms with Crippen LogP contribution in [0.3, 0.4) is 0 Å². The lowest BCUT2D eigenvalue weighted by atomic mass is 9.81. The Morgan fingerprint density at radius 1 is 0.970 bits per heavy atom. The number of nitrogens with one attached hydrogen (secondary N) is 1.